The van der Waals surface area contributed by atoms with E-state index in [1.54, 1.807) is 18.0 Å². The number of hydrogen-bond donors (Lipinski definition) is 0. The molecule has 1 rings (SSSR count). The maximum Gasteiger partial charge on any atom is 0.116 e. The van der Waals surface area contributed by atoms with E-state index in [2.05, 4.69) is 6.07 Å². The largest absolute Gasteiger partial charge is 0.468 e. The van der Waals surface area contributed by atoms with Gasteiger partial charge < -0.3 is 4.42 Å². The highest BCUT2D eigenvalue weighted by atomic mass is 32.2. The highest BCUT2D eigenvalue weighted by molar-refractivity contribution is 7.98. The lowest BCUT2D eigenvalue weighted by Crippen LogP contribution is -1.94. The first-order chi connectivity index (χ1) is 6.24. The van der Waals surface area contributed by atoms with Crippen molar-refractivity contribution in [2.24, 2.45) is 5.92 Å². The first-order valence-corrected chi connectivity index (χ1v) is 5.40. The van der Waals surface area contributed by atoms with Gasteiger partial charge in [0.25, 0.3) is 0 Å². The lowest BCUT2D eigenvalue weighted by molar-refractivity contribution is 0.527. The Morgan fingerprint density at radius 3 is 3.00 bits per heavy atom. The highest BCUT2D eigenvalue weighted by Gasteiger charge is 2.04. The molecule has 0 aliphatic rings. The minimum Gasteiger partial charge on any atom is -0.468 e. The summed E-state index contributed by atoms with van der Waals surface area (Å²) in [4.78, 5) is 0. The Labute approximate surface area is 82.9 Å². The third-order valence-corrected chi connectivity index (χ3v) is 2.99. The summed E-state index contributed by atoms with van der Waals surface area (Å²) in [5.74, 6) is 2.89. The molecule has 0 spiro atoms. The van der Waals surface area contributed by atoms with Gasteiger partial charge in [0.15, 0.2) is 0 Å². The Hall–Kier alpha value is -0.880. The fraction of sp³-hybridized carbons (Fsp3) is 0.500. The summed E-state index contributed by atoms with van der Waals surface area (Å²) in [7, 11) is 0. The minimum absolute atomic E-state index is 0.125. The van der Waals surface area contributed by atoms with Crippen molar-refractivity contribution in [3.05, 3.63) is 23.7 Å². The molecule has 0 radical (unpaired) electrons. The van der Waals surface area contributed by atoms with Gasteiger partial charge in [-0.05, 0) is 25.5 Å². The molecule has 0 saturated carbocycles. The van der Waals surface area contributed by atoms with E-state index in [0.717, 1.165) is 17.3 Å². The van der Waals surface area contributed by atoms with Crippen LogP contribution in [-0.4, -0.2) is 5.75 Å². The van der Waals surface area contributed by atoms with Gasteiger partial charge in [0, 0.05) is 5.75 Å². The van der Waals surface area contributed by atoms with E-state index in [1.165, 1.54) is 5.56 Å². The van der Waals surface area contributed by atoms with Crippen LogP contribution < -0.4 is 0 Å². The Morgan fingerprint density at radius 1 is 1.69 bits per heavy atom. The van der Waals surface area contributed by atoms with Gasteiger partial charge in [0.05, 0.1) is 24.0 Å². The standard InChI is InChI=1S/C10H13NOS/c1-8(5-11)6-13-7-10-9(2)3-4-12-10/h3-4,8H,6-7H2,1-2H3. The van der Waals surface area contributed by atoms with Gasteiger partial charge in [0.1, 0.15) is 5.76 Å². The number of hydrogen-bond acceptors (Lipinski definition) is 3. The minimum atomic E-state index is 0.125. The fourth-order valence-corrected chi connectivity index (χ4v) is 1.94. The number of nitriles is 1. The first-order valence-electron chi connectivity index (χ1n) is 4.24. The van der Waals surface area contributed by atoms with E-state index in [9.17, 15) is 0 Å². The molecule has 0 aromatic carbocycles. The van der Waals surface area contributed by atoms with E-state index in [4.69, 9.17) is 9.68 Å². The molecule has 1 heterocycles. The van der Waals surface area contributed by atoms with Crippen LogP contribution in [0.25, 0.3) is 0 Å². The summed E-state index contributed by atoms with van der Waals surface area (Å²) >= 11 is 1.74. The summed E-state index contributed by atoms with van der Waals surface area (Å²) in [5.41, 5.74) is 1.19. The molecule has 0 aliphatic heterocycles. The van der Waals surface area contributed by atoms with Gasteiger partial charge in [-0.15, -0.1) is 0 Å². The Balaban J connectivity index is 2.29. The first kappa shape index (κ1) is 10.2. The molecular weight excluding hydrogens is 182 g/mol. The summed E-state index contributed by atoms with van der Waals surface area (Å²) in [6, 6.07) is 4.17. The number of rotatable bonds is 4. The Kier molecular flexibility index (Phi) is 3.91. The monoisotopic (exact) mass is 195 g/mol. The van der Waals surface area contributed by atoms with E-state index in [1.807, 2.05) is 19.9 Å². The van der Waals surface area contributed by atoms with Crippen molar-refractivity contribution in [3.8, 4) is 6.07 Å². The van der Waals surface area contributed by atoms with Gasteiger partial charge in [-0.1, -0.05) is 0 Å². The van der Waals surface area contributed by atoms with Crippen LogP contribution in [0.5, 0.6) is 0 Å². The van der Waals surface area contributed by atoms with Gasteiger partial charge >= 0.3 is 0 Å². The van der Waals surface area contributed by atoms with E-state index in [-0.39, 0.29) is 5.92 Å². The molecule has 13 heavy (non-hydrogen) atoms. The maximum absolute atomic E-state index is 8.56. The average molecular weight is 195 g/mol. The van der Waals surface area contributed by atoms with Crippen molar-refractivity contribution in [2.75, 3.05) is 5.75 Å². The third kappa shape index (κ3) is 3.16. The second-order valence-corrected chi connectivity index (χ2v) is 4.10. The van der Waals surface area contributed by atoms with Gasteiger partial charge in [-0.25, -0.2) is 0 Å². The fourth-order valence-electron chi connectivity index (χ4n) is 0.918. The van der Waals surface area contributed by atoms with Crippen LogP contribution in [0, 0.1) is 24.2 Å². The lowest BCUT2D eigenvalue weighted by Gasteiger charge is -2.00. The Bertz CT molecular complexity index is 300. The zero-order chi connectivity index (χ0) is 9.68. The zero-order valence-electron chi connectivity index (χ0n) is 7.91. The van der Waals surface area contributed by atoms with Crippen LogP contribution in [0.15, 0.2) is 16.7 Å². The summed E-state index contributed by atoms with van der Waals surface area (Å²) in [5, 5.41) is 8.56. The van der Waals surface area contributed by atoms with Crippen LogP contribution in [0.3, 0.4) is 0 Å². The molecule has 3 heteroatoms. The highest BCUT2D eigenvalue weighted by Crippen LogP contribution is 2.18. The van der Waals surface area contributed by atoms with Crippen molar-refractivity contribution in [1.29, 1.82) is 5.26 Å². The van der Waals surface area contributed by atoms with Crippen LogP contribution in [0.4, 0.5) is 0 Å². The number of thioether (sulfide) groups is 1. The maximum atomic E-state index is 8.56. The van der Waals surface area contributed by atoms with Crippen LogP contribution in [0.2, 0.25) is 0 Å². The van der Waals surface area contributed by atoms with Crippen molar-refractivity contribution < 1.29 is 4.42 Å². The van der Waals surface area contributed by atoms with Crippen LogP contribution in [0.1, 0.15) is 18.2 Å². The van der Waals surface area contributed by atoms with E-state index in [0.29, 0.717) is 0 Å². The predicted octanol–water partition coefficient (Wildman–Crippen LogP) is 2.98. The number of furan rings is 1. The molecule has 0 saturated heterocycles. The molecule has 0 amide bonds. The summed E-state index contributed by atoms with van der Waals surface area (Å²) in [6.45, 7) is 3.97. The van der Waals surface area contributed by atoms with Crippen molar-refractivity contribution in [2.45, 2.75) is 19.6 Å². The molecule has 0 bridgehead atoms. The van der Waals surface area contributed by atoms with E-state index >= 15 is 0 Å². The Morgan fingerprint density at radius 2 is 2.46 bits per heavy atom. The third-order valence-electron chi connectivity index (χ3n) is 1.79. The number of aryl methyl sites for hydroxylation is 1. The molecule has 1 atom stereocenters. The molecule has 2 nitrogen and oxygen atoms in total. The van der Waals surface area contributed by atoms with Crippen molar-refractivity contribution >= 4 is 11.8 Å². The molecule has 1 aromatic rings. The summed E-state index contributed by atoms with van der Waals surface area (Å²) < 4.78 is 5.28. The second kappa shape index (κ2) is 4.98. The number of nitrogens with zero attached hydrogens (tertiary/aromatic N) is 1. The molecular formula is C10H13NOS. The van der Waals surface area contributed by atoms with E-state index < -0.39 is 0 Å². The van der Waals surface area contributed by atoms with Gasteiger partial charge in [-0.3, -0.25) is 0 Å². The topological polar surface area (TPSA) is 36.9 Å². The smallest absolute Gasteiger partial charge is 0.116 e. The van der Waals surface area contributed by atoms with Gasteiger partial charge in [0.2, 0.25) is 0 Å². The average Bonchev–Trinajstić information content (AvgIpc) is 2.52. The van der Waals surface area contributed by atoms with Crippen molar-refractivity contribution in [3.63, 3.8) is 0 Å². The van der Waals surface area contributed by atoms with Crippen LogP contribution >= 0.6 is 11.8 Å². The van der Waals surface area contributed by atoms with Crippen LogP contribution in [-0.2, 0) is 5.75 Å². The van der Waals surface area contributed by atoms with Gasteiger partial charge in [-0.2, -0.15) is 17.0 Å². The SMILES string of the molecule is Cc1ccoc1CSCC(C)C#N. The normalized spacial score (nSPS) is 12.4. The molecule has 0 fully saturated rings. The molecule has 0 aliphatic carbocycles. The zero-order valence-corrected chi connectivity index (χ0v) is 8.73. The molecule has 0 N–H and O–H groups in total. The van der Waals surface area contributed by atoms with Crippen molar-refractivity contribution in [1.82, 2.24) is 0 Å². The predicted molar refractivity (Wildman–Crippen MR) is 54.4 cm³/mol. The lowest BCUT2D eigenvalue weighted by atomic mass is 10.3. The second-order valence-electron chi connectivity index (χ2n) is 3.07. The summed E-state index contributed by atoms with van der Waals surface area (Å²) in [6.07, 6.45) is 1.71. The quantitative estimate of drug-likeness (QED) is 0.741. The molecule has 1 unspecified atom stereocenters. The molecule has 1 aromatic heterocycles. The molecule has 70 valence electrons.